The van der Waals surface area contributed by atoms with Crippen molar-refractivity contribution in [3.8, 4) is 0 Å². The average Bonchev–Trinajstić information content (AvgIpc) is 2.49. The second-order valence-corrected chi connectivity index (χ2v) is 3.67. The molecule has 0 saturated heterocycles. The van der Waals surface area contributed by atoms with Crippen molar-refractivity contribution in [2.75, 3.05) is 5.88 Å². The third-order valence-electron chi connectivity index (χ3n) is 2.34. The van der Waals surface area contributed by atoms with Crippen LogP contribution < -0.4 is 0 Å². The van der Waals surface area contributed by atoms with Crippen LogP contribution in [0.25, 0.3) is 10.9 Å². The molecule has 0 aliphatic heterocycles. The van der Waals surface area contributed by atoms with E-state index in [4.69, 9.17) is 11.6 Å². The summed E-state index contributed by atoms with van der Waals surface area (Å²) in [6, 6.07) is 6.45. The number of aryl methyl sites for hydroxylation is 2. The minimum atomic E-state index is 0.689. The van der Waals surface area contributed by atoms with Crippen molar-refractivity contribution in [3.63, 3.8) is 0 Å². The molecule has 1 N–H and O–H groups in total. The lowest BCUT2D eigenvalue weighted by atomic mass is 10.1. The maximum atomic E-state index is 5.69. The zero-order valence-corrected chi connectivity index (χ0v) is 8.36. The number of nitrogens with one attached hydrogen (secondary N) is 1. The Kier molecular flexibility index (Phi) is 2.28. The van der Waals surface area contributed by atoms with Crippen molar-refractivity contribution in [1.82, 2.24) is 4.98 Å². The predicted molar refractivity (Wildman–Crippen MR) is 57.5 cm³/mol. The largest absolute Gasteiger partial charge is 0.361 e. The summed E-state index contributed by atoms with van der Waals surface area (Å²) in [6.45, 7) is 2.11. The first kappa shape index (κ1) is 8.64. The van der Waals surface area contributed by atoms with E-state index in [2.05, 4.69) is 30.1 Å². The summed E-state index contributed by atoms with van der Waals surface area (Å²) in [5.74, 6) is 0.689. The minimum absolute atomic E-state index is 0.689. The van der Waals surface area contributed by atoms with Crippen LogP contribution in [0.5, 0.6) is 0 Å². The SMILES string of the molecule is Cc1c[nH]c2ccc(CCCl)cc12. The fraction of sp³-hybridized carbons (Fsp3) is 0.273. The van der Waals surface area contributed by atoms with Gasteiger partial charge in [-0.3, -0.25) is 0 Å². The molecule has 0 aliphatic rings. The Morgan fingerprint density at radius 3 is 3.00 bits per heavy atom. The van der Waals surface area contributed by atoms with Gasteiger partial charge in [-0.1, -0.05) is 6.07 Å². The summed E-state index contributed by atoms with van der Waals surface area (Å²) in [5.41, 5.74) is 3.81. The van der Waals surface area contributed by atoms with Crippen molar-refractivity contribution in [1.29, 1.82) is 0 Å². The van der Waals surface area contributed by atoms with Crippen LogP contribution in [-0.4, -0.2) is 10.9 Å². The second kappa shape index (κ2) is 3.43. The van der Waals surface area contributed by atoms with E-state index in [-0.39, 0.29) is 0 Å². The van der Waals surface area contributed by atoms with Crippen molar-refractivity contribution < 1.29 is 0 Å². The maximum absolute atomic E-state index is 5.69. The van der Waals surface area contributed by atoms with E-state index in [1.54, 1.807) is 0 Å². The maximum Gasteiger partial charge on any atom is 0.0456 e. The fourth-order valence-corrected chi connectivity index (χ4v) is 1.79. The van der Waals surface area contributed by atoms with E-state index >= 15 is 0 Å². The minimum Gasteiger partial charge on any atom is -0.361 e. The van der Waals surface area contributed by atoms with E-state index in [1.165, 1.54) is 22.0 Å². The van der Waals surface area contributed by atoms with Gasteiger partial charge in [0, 0.05) is 23.0 Å². The van der Waals surface area contributed by atoms with Crippen molar-refractivity contribution >= 4 is 22.5 Å². The monoisotopic (exact) mass is 193 g/mol. The van der Waals surface area contributed by atoms with Gasteiger partial charge in [0.25, 0.3) is 0 Å². The van der Waals surface area contributed by atoms with Gasteiger partial charge in [0.05, 0.1) is 0 Å². The van der Waals surface area contributed by atoms with Gasteiger partial charge in [0.1, 0.15) is 0 Å². The zero-order valence-electron chi connectivity index (χ0n) is 7.60. The number of rotatable bonds is 2. The Morgan fingerprint density at radius 1 is 1.38 bits per heavy atom. The van der Waals surface area contributed by atoms with Crippen LogP contribution in [0.15, 0.2) is 24.4 Å². The molecule has 1 nitrogen and oxygen atoms in total. The molecular formula is C11H12ClN. The van der Waals surface area contributed by atoms with Gasteiger partial charge >= 0.3 is 0 Å². The summed E-state index contributed by atoms with van der Waals surface area (Å²) in [7, 11) is 0. The number of benzene rings is 1. The van der Waals surface area contributed by atoms with Crippen LogP contribution in [0.3, 0.4) is 0 Å². The first-order chi connectivity index (χ1) is 6.31. The Labute approximate surface area is 82.7 Å². The third kappa shape index (κ3) is 1.56. The molecule has 2 aromatic rings. The Morgan fingerprint density at radius 2 is 2.23 bits per heavy atom. The molecule has 1 heterocycles. The first-order valence-electron chi connectivity index (χ1n) is 4.44. The molecule has 1 aromatic heterocycles. The molecule has 0 atom stereocenters. The van der Waals surface area contributed by atoms with Gasteiger partial charge in [-0.25, -0.2) is 0 Å². The first-order valence-corrected chi connectivity index (χ1v) is 4.97. The number of aromatic amines is 1. The quantitative estimate of drug-likeness (QED) is 0.705. The van der Waals surface area contributed by atoms with Crippen molar-refractivity contribution in [2.45, 2.75) is 13.3 Å². The van der Waals surface area contributed by atoms with Gasteiger partial charge in [0.15, 0.2) is 0 Å². The lowest BCUT2D eigenvalue weighted by Crippen LogP contribution is -1.85. The molecule has 13 heavy (non-hydrogen) atoms. The lowest BCUT2D eigenvalue weighted by Gasteiger charge is -1.98. The number of aromatic nitrogens is 1. The number of H-pyrrole nitrogens is 1. The molecular weight excluding hydrogens is 182 g/mol. The average molecular weight is 194 g/mol. The fourth-order valence-electron chi connectivity index (χ4n) is 1.57. The Balaban J connectivity index is 2.53. The highest BCUT2D eigenvalue weighted by Crippen LogP contribution is 2.19. The third-order valence-corrected chi connectivity index (χ3v) is 2.53. The summed E-state index contributed by atoms with van der Waals surface area (Å²) in [6.07, 6.45) is 2.98. The van der Waals surface area contributed by atoms with Gasteiger partial charge in [-0.05, 0) is 36.6 Å². The highest BCUT2D eigenvalue weighted by molar-refractivity contribution is 6.18. The van der Waals surface area contributed by atoms with Gasteiger partial charge < -0.3 is 4.98 Å². The van der Waals surface area contributed by atoms with E-state index in [0.717, 1.165) is 6.42 Å². The molecule has 0 saturated carbocycles. The number of hydrogen-bond donors (Lipinski definition) is 1. The number of hydrogen-bond acceptors (Lipinski definition) is 0. The molecule has 0 amide bonds. The highest BCUT2D eigenvalue weighted by atomic mass is 35.5. The van der Waals surface area contributed by atoms with Crippen LogP contribution in [0.1, 0.15) is 11.1 Å². The van der Waals surface area contributed by atoms with Gasteiger partial charge in [-0.2, -0.15) is 0 Å². The molecule has 2 rings (SSSR count). The summed E-state index contributed by atoms with van der Waals surface area (Å²) in [5, 5.41) is 1.31. The Bertz CT molecular complexity index is 417. The number of alkyl halides is 1. The molecule has 1 aromatic carbocycles. The summed E-state index contributed by atoms with van der Waals surface area (Å²) < 4.78 is 0. The van der Waals surface area contributed by atoms with E-state index in [0.29, 0.717) is 5.88 Å². The standard InChI is InChI=1S/C11H12ClN/c1-8-7-13-11-3-2-9(4-5-12)6-10(8)11/h2-3,6-7,13H,4-5H2,1H3. The van der Waals surface area contributed by atoms with Gasteiger partial charge in [-0.15, -0.1) is 11.6 Å². The summed E-state index contributed by atoms with van der Waals surface area (Å²) in [4.78, 5) is 3.22. The molecule has 0 spiro atoms. The smallest absolute Gasteiger partial charge is 0.0456 e. The van der Waals surface area contributed by atoms with Crippen molar-refractivity contribution in [3.05, 3.63) is 35.5 Å². The molecule has 68 valence electrons. The molecule has 0 aliphatic carbocycles. The number of fused-ring (bicyclic) bond motifs is 1. The number of halogens is 1. The van der Waals surface area contributed by atoms with Crippen molar-refractivity contribution in [2.24, 2.45) is 0 Å². The lowest BCUT2D eigenvalue weighted by molar-refractivity contribution is 1.16. The van der Waals surface area contributed by atoms with Crippen LogP contribution in [0, 0.1) is 6.92 Å². The zero-order chi connectivity index (χ0) is 9.26. The topological polar surface area (TPSA) is 15.8 Å². The molecule has 0 unspecified atom stereocenters. The van der Waals surface area contributed by atoms with Crippen LogP contribution in [0.2, 0.25) is 0 Å². The second-order valence-electron chi connectivity index (χ2n) is 3.29. The van der Waals surface area contributed by atoms with Crippen LogP contribution in [0.4, 0.5) is 0 Å². The molecule has 0 radical (unpaired) electrons. The highest BCUT2D eigenvalue weighted by Gasteiger charge is 2.00. The van der Waals surface area contributed by atoms with E-state index < -0.39 is 0 Å². The molecule has 0 bridgehead atoms. The van der Waals surface area contributed by atoms with Gasteiger partial charge in [0.2, 0.25) is 0 Å². The van der Waals surface area contributed by atoms with Crippen LogP contribution >= 0.6 is 11.6 Å². The van der Waals surface area contributed by atoms with Crippen LogP contribution in [-0.2, 0) is 6.42 Å². The molecule has 0 fully saturated rings. The summed E-state index contributed by atoms with van der Waals surface area (Å²) >= 11 is 5.69. The Hall–Kier alpha value is -0.950. The normalized spacial score (nSPS) is 10.9. The van der Waals surface area contributed by atoms with E-state index in [9.17, 15) is 0 Å². The van der Waals surface area contributed by atoms with E-state index in [1.807, 2.05) is 6.20 Å². The predicted octanol–water partition coefficient (Wildman–Crippen LogP) is 3.26. The molecule has 2 heteroatoms.